The molecule has 19 heavy (non-hydrogen) atoms. The van der Waals surface area contributed by atoms with Crippen LogP contribution in [-0.2, 0) is 5.41 Å². The van der Waals surface area contributed by atoms with E-state index in [-0.39, 0.29) is 5.41 Å². The Hall–Kier alpha value is -2.10. The molecule has 1 heterocycles. The molecular weight excluding hydrogens is 254 g/mol. The van der Waals surface area contributed by atoms with E-state index >= 15 is 0 Å². The summed E-state index contributed by atoms with van der Waals surface area (Å²) in [6.45, 7) is 9.84. The fraction of sp³-hybridized carbons (Fsp3) is 0.250. The van der Waals surface area contributed by atoms with Crippen LogP contribution in [0.2, 0.25) is 0 Å². The highest BCUT2D eigenvalue weighted by molar-refractivity contribution is 7.18. The van der Waals surface area contributed by atoms with E-state index in [2.05, 4.69) is 56.5 Å². The first-order chi connectivity index (χ1) is 9.00. The molecule has 0 N–H and O–H groups in total. The lowest BCUT2D eigenvalue weighted by Crippen LogP contribution is -2.09. The second-order valence-corrected chi connectivity index (χ2v) is 6.06. The maximum Gasteiger partial charge on any atom is 0.141 e. The van der Waals surface area contributed by atoms with Gasteiger partial charge in [-0.2, -0.15) is 6.92 Å². The molecule has 0 bridgehead atoms. The van der Waals surface area contributed by atoms with Gasteiger partial charge in [-0.05, 0) is 12.1 Å². The number of aromatic nitrogens is 1. The molecule has 0 fully saturated rings. The SMILES string of the molecule is [CH2-]C#CC#COc1ccc2nc(C(C)(C)C)sc2c1. The number of benzene rings is 1. The molecule has 3 heteroatoms. The van der Waals surface area contributed by atoms with E-state index in [1.807, 2.05) is 18.2 Å². The van der Waals surface area contributed by atoms with Crippen molar-refractivity contribution in [2.45, 2.75) is 26.2 Å². The Morgan fingerprint density at radius 3 is 2.74 bits per heavy atom. The van der Waals surface area contributed by atoms with E-state index in [9.17, 15) is 0 Å². The molecule has 0 spiro atoms. The third-order valence-electron chi connectivity index (χ3n) is 2.37. The van der Waals surface area contributed by atoms with E-state index in [0.717, 1.165) is 15.2 Å². The van der Waals surface area contributed by atoms with E-state index in [4.69, 9.17) is 4.74 Å². The molecule has 0 aliphatic heterocycles. The Morgan fingerprint density at radius 1 is 1.26 bits per heavy atom. The Bertz CT molecular complexity index is 714. The molecule has 2 aromatic rings. The smallest absolute Gasteiger partial charge is 0.141 e. The van der Waals surface area contributed by atoms with Crippen molar-refractivity contribution in [1.82, 2.24) is 4.98 Å². The highest BCUT2D eigenvalue weighted by Gasteiger charge is 2.18. The predicted octanol–water partition coefficient (Wildman–Crippen LogP) is 3.77. The second kappa shape index (κ2) is 5.26. The fourth-order valence-corrected chi connectivity index (χ4v) is 2.50. The highest BCUT2D eigenvalue weighted by Crippen LogP contribution is 2.32. The van der Waals surface area contributed by atoms with Crippen LogP contribution in [-0.4, -0.2) is 4.98 Å². The van der Waals surface area contributed by atoms with E-state index in [1.165, 1.54) is 0 Å². The summed E-state index contributed by atoms with van der Waals surface area (Å²) < 4.78 is 6.40. The molecule has 0 saturated heterocycles. The third-order valence-corrected chi connectivity index (χ3v) is 3.82. The topological polar surface area (TPSA) is 22.1 Å². The van der Waals surface area contributed by atoms with Crippen LogP contribution in [0.15, 0.2) is 18.2 Å². The third kappa shape index (κ3) is 3.22. The number of fused-ring (bicyclic) bond motifs is 1. The lowest BCUT2D eigenvalue weighted by Gasteiger charge is -2.13. The molecule has 0 aliphatic rings. The van der Waals surface area contributed by atoms with Crippen LogP contribution in [0.4, 0.5) is 0 Å². The molecule has 0 amide bonds. The summed E-state index contributed by atoms with van der Waals surface area (Å²) in [7, 11) is 0. The van der Waals surface area contributed by atoms with Gasteiger partial charge in [0.05, 0.1) is 15.2 Å². The van der Waals surface area contributed by atoms with Crippen molar-refractivity contribution in [3.05, 3.63) is 30.1 Å². The summed E-state index contributed by atoms with van der Waals surface area (Å²) >= 11 is 1.68. The molecule has 2 rings (SSSR count). The van der Waals surface area contributed by atoms with Gasteiger partial charge in [0.2, 0.25) is 0 Å². The second-order valence-electron chi connectivity index (χ2n) is 5.03. The normalized spacial score (nSPS) is 10.3. The summed E-state index contributed by atoms with van der Waals surface area (Å²) in [5, 5.41) is 1.12. The van der Waals surface area contributed by atoms with Crippen LogP contribution in [0.5, 0.6) is 5.75 Å². The molecule has 0 saturated carbocycles. The molecule has 1 aromatic heterocycles. The van der Waals surface area contributed by atoms with Crippen LogP contribution in [0, 0.1) is 30.8 Å². The highest BCUT2D eigenvalue weighted by atomic mass is 32.1. The first-order valence-corrected chi connectivity index (χ1v) is 6.67. The van der Waals surface area contributed by atoms with E-state index in [0.29, 0.717) is 5.75 Å². The number of hydrogen-bond acceptors (Lipinski definition) is 3. The largest absolute Gasteiger partial charge is 0.408 e. The summed E-state index contributed by atoms with van der Waals surface area (Å²) in [4.78, 5) is 4.63. The Kier molecular flexibility index (Phi) is 3.69. The van der Waals surface area contributed by atoms with Crippen molar-refractivity contribution in [1.29, 1.82) is 0 Å². The van der Waals surface area contributed by atoms with Crippen molar-refractivity contribution < 1.29 is 4.74 Å². The van der Waals surface area contributed by atoms with Gasteiger partial charge in [0.15, 0.2) is 0 Å². The number of ether oxygens (including phenoxy) is 1. The Morgan fingerprint density at radius 2 is 2.05 bits per heavy atom. The summed E-state index contributed by atoms with van der Waals surface area (Å²) in [5.74, 6) is 8.22. The number of nitrogens with zero attached hydrogens (tertiary/aromatic N) is 1. The average molecular weight is 268 g/mol. The van der Waals surface area contributed by atoms with Gasteiger partial charge in [0.25, 0.3) is 0 Å². The summed E-state index contributed by atoms with van der Waals surface area (Å²) in [6.07, 6.45) is 2.52. The molecule has 2 nitrogen and oxygen atoms in total. The molecule has 0 unspecified atom stereocenters. The van der Waals surface area contributed by atoms with Gasteiger partial charge in [-0.15, -0.1) is 11.3 Å². The first-order valence-electron chi connectivity index (χ1n) is 5.86. The van der Waals surface area contributed by atoms with Crippen molar-refractivity contribution in [3.8, 4) is 29.6 Å². The molecule has 96 valence electrons. The minimum atomic E-state index is 0.0637. The van der Waals surface area contributed by atoms with E-state index in [1.54, 1.807) is 11.3 Å². The minimum Gasteiger partial charge on any atom is -0.408 e. The van der Waals surface area contributed by atoms with E-state index < -0.39 is 0 Å². The van der Waals surface area contributed by atoms with Gasteiger partial charge in [0, 0.05) is 11.5 Å². The van der Waals surface area contributed by atoms with Gasteiger partial charge >= 0.3 is 0 Å². The van der Waals surface area contributed by atoms with Crippen molar-refractivity contribution >= 4 is 21.6 Å². The minimum absolute atomic E-state index is 0.0637. The zero-order chi connectivity index (χ0) is 13.9. The predicted molar refractivity (Wildman–Crippen MR) is 79.9 cm³/mol. The molecule has 0 aliphatic carbocycles. The lowest BCUT2D eigenvalue weighted by atomic mass is 9.98. The van der Waals surface area contributed by atoms with Gasteiger partial charge in [-0.25, -0.2) is 10.9 Å². The monoisotopic (exact) mass is 268 g/mol. The zero-order valence-corrected chi connectivity index (χ0v) is 12.0. The maximum absolute atomic E-state index is 5.30. The van der Waals surface area contributed by atoms with Crippen LogP contribution >= 0.6 is 11.3 Å². The maximum atomic E-state index is 5.30. The first kappa shape index (κ1) is 13.3. The summed E-state index contributed by atoms with van der Waals surface area (Å²) in [5.41, 5.74) is 1.06. The van der Waals surface area contributed by atoms with Gasteiger partial charge in [-0.3, -0.25) is 5.92 Å². The Labute approximate surface area is 117 Å². The molecule has 0 atom stereocenters. The van der Waals surface area contributed by atoms with Gasteiger partial charge in [0.1, 0.15) is 11.9 Å². The van der Waals surface area contributed by atoms with Crippen LogP contribution in [0.3, 0.4) is 0 Å². The van der Waals surface area contributed by atoms with Gasteiger partial charge < -0.3 is 4.74 Å². The van der Waals surface area contributed by atoms with Crippen molar-refractivity contribution in [2.24, 2.45) is 0 Å². The standard InChI is InChI=1S/C16H14NOS/c1-5-6-7-10-18-12-8-9-13-14(11-12)19-15(17-13)16(2,3)4/h8-9,11H,1H2,2-4H3/q-1. The number of hydrogen-bond donors (Lipinski definition) is 0. The van der Waals surface area contributed by atoms with Crippen LogP contribution < -0.4 is 4.74 Å². The Balaban J connectivity index is 2.30. The quantitative estimate of drug-likeness (QED) is 0.580. The molecular formula is C16H14NOS-. The van der Waals surface area contributed by atoms with Crippen LogP contribution in [0.25, 0.3) is 10.2 Å². The van der Waals surface area contributed by atoms with Crippen molar-refractivity contribution in [3.63, 3.8) is 0 Å². The fourth-order valence-electron chi connectivity index (χ4n) is 1.44. The number of rotatable bonds is 1. The number of thiazole rings is 1. The zero-order valence-electron chi connectivity index (χ0n) is 11.2. The van der Waals surface area contributed by atoms with Gasteiger partial charge in [-0.1, -0.05) is 26.7 Å². The molecule has 1 aromatic carbocycles. The molecule has 0 radical (unpaired) electrons. The lowest BCUT2D eigenvalue weighted by molar-refractivity contribution is 0.521. The average Bonchev–Trinajstić information content (AvgIpc) is 2.77. The summed E-state index contributed by atoms with van der Waals surface area (Å²) in [6, 6.07) is 5.76. The van der Waals surface area contributed by atoms with Crippen molar-refractivity contribution in [2.75, 3.05) is 0 Å². The van der Waals surface area contributed by atoms with Crippen LogP contribution in [0.1, 0.15) is 25.8 Å².